The summed E-state index contributed by atoms with van der Waals surface area (Å²) in [6, 6.07) is 2.50. The molecule has 0 radical (unpaired) electrons. The molecule has 0 aliphatic heterocycles. The van der Waals surface area contributed by atoms with E-state index in [2.05, 4.69) is 25.1 Å². The summed E-state index contributed by atoms with van der Waals surface area (Å²) in [5.41, 5.74) is -0.664. The van der Waals surface area contributed by atoms with Gasteiger partial charge in [-0.05, 0) is 42.8 Å². The van der Waals surface area contributed by atoms with Crippen LogP contribution in [-0.2, 0) is 23.6 Å². The number of benzene rings is 1. The molecule has 0 amide bonds. The molecular weight excluding hydrogens is 629 g/mol. The third kappa shape index (κ3) is 7.89. The Morgan fingerprint density at radius 1 is 1.04 bits per heavy atom. The first kappa shape index (κ1) is 33.2. The Kier molecular flexibility index (Phi) is 9.69. The number of alkyl halides is 8. The topological polar surface area (TPSA) is 141 Å². The van der Waals surface area contributed by atoms with Crippen LogP contribution >= 0.6 is 0 Å². The number of nitrogens with one attached hydrogen (secondary N) is 2. The number of aryl methyl sites for hydroxylation is 1. The number of hydrogen-bond donors (Lipinski definition) is 3. The molecule has 242 valence electrons. The van der Waals surface area contributed by atoms with Gasteiger partial charge in [0, 0.05) is 25.0 Å². The maximum Gasteiger partial charge on any atom is 0.423 e. The summed E-state index contributed by atoms with van der Waals surface area (Å²) < 4.78 is 125. The number of nitrogen functional groups attached to an aromatic ring is 1. The first-order valence-corrected chi connectivity index (χ1v) is 12.9. The van der Waals surface area contributed by atoms with Crippen molar-refractivity contribution in [3.8, 4) is 11.4 Å². The molecule has 4 aromatic rings. The predicted molar refractivity (Wildman–Crippen MR) is 142 cm³/mol. The van der Waals surface area contributed by atoms with Crippen molar-refractivity contribution in [2.45, 2.75) is 50.8 Å². The number of ether oxygens (including phenoxy) is 1. The van der Waals surface area contributed by atoms with Gasteiger partial charge in [-0.2, -0.15) is 40.2 Å². The molecule has 10 nitrogen and oxygen atoms in total. The van der Waals surface area contributed by atoms with Crippen molar-refractivity contribution in [2.24, 2.45) is 0 Å². The molecule has 0 saturated heterocycles. The number of rotatable bonds is 11. The van der Waals surface area contributed by atoms with Gasteiger partial charge in [0.1, 0.15) is 22.8 Å². The summed E-state index contributed by atoms with van der Waals surface area (Å²) in [5, 5.41) is 7.62. The number of nitrogens with two attached hydrogens (primary N) is 1. The summed E-state index contributed by atoms with van der Waals surface area (Å²) in [7, 11) is 0. The SMILES string of the molecule is Nc1nc(-c2cc3ccn(CCCC(CCOC(F)F)Nc4cn[nH]c(=O)c4C(F)(F)F)c(=O)c3cc2F)ncc1C(F)(F)F. The Hall–Kier alpha value is -4.68. The van der Waals surface area contributed by atoms with Crippen LogP contribution in [0.25, 0.3) is 22.2 Å². The van der Waals surface area contributed by atoms with E-state index in [1.165, 1.54) is 16.8 Å². The van der Waals surface area contributed by atoms with Gasteiger partial charge in [0.05, 0.1) is 29.4 Å². The van der Waals surface area contributed by atoms with Crippen molar-refractivity contribution < 1.29 is 44.3 Å². The minimum absolute atomic E-state index is 0.0150. The smallest absolute Gasteiger partial charge is 0.383 e. The molecular formula is C26H22F9N7O3. The molecule has 0 aliphatic carbocycles. The Labute approximate surface area is 246 Å². The molecule has 1 aromatic carbocycles. The van der Waals surface area contributed by atoms with Gasteiger partial charge in [-0.25, -0.2) is 19.5 Å². The fourth-order valence-electron chi connectivity index (χ4n) is 4.50. The van der Waals surface area contributed by atoms with E-state index < -0.39 is 77.0 Å². The first-order chi connectivity index (χ1) is 21.1. The number of anilines is 2. The number of hydrogen-bond acceptors (Lipinski definition) is 8. The molecule has 4 rings (SSSR count). The number of fused-ring (bicyclic) bond motifs is 1. The van der Waals surface area contributed by atoms with E-state index >= 15 is 0 Å². The zero-order chi connectivity index (χ0) is 33.1. The van der Waals surface area contributed by atoms with Crippen LogP contribution in [0.15, 0.2) is 46.4 Å². The average molecular weight is 651 g/mol. The molecule has 0 spiro atoms. The number of aromatic nitrogens is 5. The lowest BCUT2D eigenvalue weighted by Gasteiger charge is -2.22. The molecule has 19 heteroatoms. The van der Waals surface area contributed by atoms with Crippen molar-refractivity contribution in [3.05, 3.63) is 74.4 Å². The zero-order valence-electron chi connectivity index (χ0n) is 22.6. The fraction of sp³-hybridized carbons (Fsp3) is 0.346. The molecule has 0 saturated carbocycles. The Morgan fingerprint density at radius 2 is 1.78 bits per heavy atom. The maximum absolute atomic E-state index is 15.0. The minimum Gasteiger partial charge on any atom is -0.383 e. The summed E-state index contributed by atoms with van der Waals surface area (Å²) in [6.45, 7) is -3.71. The van der Waals surface area contributed by atoms with Crippen LogP contribution in [0, 0.1) is 5.82 Å². The summed E-state index contributed by atoms with van der Waals surface area (Å²) >= 11 is 0. The second-order valence-electron chi connectivity index (χ2n) is 9.61. The van der Waals surface area contributed by atoms with Gasteiger partial charge in [-0.3, -0.25) is 9.59 Å². The van der Waals surface area contributed by atoms with E-state index in [1.807, 2.05) is 0 Å². The molecule has 4 N–H and O–H groups in total. The van der Waals surface area contributed by atoms with Crippen LogP contribution in [0.4, 0.5) is 51.0 Å². The molecule has 3 heterocycles. The Morgan fingerprint density at radius 3 is 2.42 bits per heavy atom. The lowest BCUT2D eigenvalue weighted by Crippen LogP contribution is -2.29. The second kappa shape index (κ2) is 13.1. The van der Waals surface area contributed by atoms with Gasteiger partial charge < -0.3 is 20.4 Å². The van der Waals surface area contributed by atoms with Crippen LogP contribution in [0.3, 0.4) is 0 Å². The third-order valence-electron chi connectivity index (χ3n) is 6.59. The highest BCUT2D eigenvalue weighted by Crippen LogP contribution is 2.34. The quantitative estimate of drug-likeness (QED) is 0.188. The number of H-pyrrole nitrogens is 1. The normalized spacial score (nSPS) is 13.0. The molecule has 1 unspecified atom stereocenters. The van der Waals surface area contributed by atoms with Crippen molar-refractivity contribution in [3.63, 3.8) is 0 Å². The van der Waals surface area contributed by atoms with E-state index in [4.69, 9.17) is 5.73 Å². The van der Waals surface area contributed by atoms with Crippen LogP contribution in [0.2, 0.25) is 0 Å². The number of halogens is 9. The van der Waals surface area contributed by atoms with Gasteiger partial charge in [-0.15, -0.1) is 0 Å². The molecule has 3 aromatic heterocycles. The fourth-order valence-corrected chi connectivity index (χ4v) is 4.50. The molecule has 0 fully saturated rings. The summed E-state index contributed by atoms with van der Waals surface area (Å²) in [4.78, 5) is 31.9. The monoisotopic (exact) mass is 651 g/mol. The standard InChI is InChI=1S/C26H22F9N7O3/c27-17-9-14-12(8-15(17)21-37-10-16(20(36)40-21)25(30,31)32)3-6-42(23(14)44)5-1-2-13(4-7-45-24(28)29)39-18-11-38-41-22(43)19(18)26(33,34)35/h3,6,8-11,13,24H,1-2,4-5,7H2,(H2,36,37,40)(H2,39,41,43). The van der Waals surface area contributed by atoms with Gasteiger partial charge in [0.2, 0.25) is 0 Å². The van der Waals surface area contributed by atoms with E-state index in [9.17, 15) is 49.1 Å². The van der Waals surface area contributed by atoms with E-state index in [0.717, 1.165) is 18.3 Å². The van der Waals surface area contributed by atoms with Crippen LogP contribution < -0.4 is 22.2 Å². The Balaban J connectivity index is 1.54. The molecule has 0 bridgehead atoms. The summed E-state index contributed by atoms with van der Waals surface area (Å²) in [5.74, 6) is -2.38. The Bertz CT molecular complexity index is 1790. The third-order valence-corrected chi connectivity index (χ3v) is 6.59. The van der Waals surface area contributed by atoms with E-state index in [0.29, 0.717) is 6.20 Å². The highest BCUT2D eigenvalue weighted by Gasteiger charge is 2.38. The highest BCUT2D eigenvalue weighted by molar-refractivity contribution is 5.86. The van der Waals surface area contributed by atoms with Gasteiger partial charge >= 0.3 is 19.0 Å². The number of pyridine rings is 1. The van der Waals surface area contributed by atoms with Gasteiger partial charge in [-0.1, -0.05) is 0 Å². The average Bonchev–Trinajstić information content (AvgIpc) is 2.92. The molecule has 45 heavy (non-hydrogen) atoms. The minimum atomic E-state index is -5.05. The van der Waals surface area contributed by atoms with Crippen molar-refractivity contribution in [1.82, 2.24) is 24.7 Å². The first-order valence-electron chi connectivity index (χ1n) is 12.9. The summed E-state index contributed by atoms with van der Waals surface area (Å²) in [6.07, 6.45) is -7.49. The van der Waals surface area contributed by atoms with Crippen LogP contribution in [0.5, 0.6) is 0 Å². The van der Waals surface area contributed by atoms with Crippen molar-refractivity contribution in [1.29, 1.82) is 0 Å². The largest absolute Gasteiger partial charge is 0.423 e. The molecule has 1 atom stereocenters. The lowest BCUT2D eigenvalue weighted by molar-refractivity contribution is -0.138. The van der Waals surface area contributed by atoms with E-state index in [1.54, 1.807) is 5.10 Å². The highest BCUT2D eigenvalue weighted by atomic mass is 19.4. The van der Waals surface area contributed by atoms with Crippen LogP contribution in [-0.4, -0.2) is 44.0 Å². The molecule has 0 aliphatic rings. The number of nitrogens with zero attached hydrogens (tertiary/aromatic N) is 4. The predicted octanol–water partition coefficient (Wildman–Crippen LogP) is 5.19. The van der Waals surface area contributed by atoms with Gasteiger partial charge in [0.25, 0.3) is 11.1 Å². The zero-order valence-corrected chi connectivity index (χ0v) is 22.6. The maximum atomic E-state index is 15.0. The second-order valence-corrected chi connectivity index (χ2v) is 9.61. The van der Waals surface area contributed by atoms with Crippen LogP contribution in [0.1, 0.15) is 30.4 Å². The van der Waals surface area contributed by atoms with Crippen molar-refractivity contribution >= 4 is 22.3 Å². The number of aromatic amines is 1. The van der Waals surface area contributed by atoms with Crippen molar-refractivity contribution in [2.75, 3.05) is 17.7 Å². The van der Waals surface area contributed by atoms with Gasteiger partial charge in [0.15, 0.2) is 5.82 Å². The lowest BCUT2D eigenvalue weighted by atomic mass is 10.1. The van der Waals surface area contributed by atoms with E-state index in [-0.39, 0.29) is 42.1 Å².